The second-order valence-electron chi connectivity index (χ2n) is 6.17. The molecule has 1 amide bonds. The lowest BCUT2D eigenvalue weighted by atomic mass is 10.1. The molecule has 1 heterocycles. The van der Waals surface area contributed by atoms with Crippen molar-refractivity contribution in [2.45, 2.75) is 26.4 Å². The van der Waals surface area contributed by atoms with Gasteiger partial charge in [0.05, 0.1) is 26.5 Å². The van der Waals surface area contributed by atoms with Gasteiger partial charge in [0, 0.05) is 23.6 Å². The van der Waals surface area contributed by atoms with Crippen molar-refractivity contribution >= 4 is 27.5 Å². The fourth-order valence-electron chi connectivity index (χ4n) is 3.01. The summed E-state index contributed by atoms with van der Waals surface area (Å²) in [6.07, 6.45) is 0.936. The quantitative estimate of drug-likeness (QED) is 0.726. The average Bonchev–Trinajstić information content (AvgIpc) is 3.01. The maximum Gasteiger partial charge on any atom is 0.256 e. The fraction of sp³-hybridized carbons (Fsp3) is 0.350. The largest absolute Gasteiger partial charge is 0.495 e. The number of benzene rings is 2. The summed E-state index contributed by atoms with van der Waals surface area (Å²) in [7, 11) is 3.07. The number of carbonyl (C=O) groups is 1. The van der Waals surface area contributed by atoms with Gasteiger partial charge in [-0.1, -0.05) is 0 Å². The summed E-state index contributed by atoms with van der Waals surface area (Å²) in [5.41, 5.74) is 2.05. The average molecular weight is 436 g/mol. The molecular weight excluding hydrogens is 414 g/mol. The highest BCUT2D eigenvalue weighted by Crippen LogP contribution is 2.39. The van der Waals surface area contributed by atoms with E-state index in [1.165, 1.54) is 14.2 Å². The Bertz CT molecular complexity index is 843. The van der Waals surface area contributed by atoms with Crippen LogP contribution in [0.2, 0.25) is 0 Å². The fourth-order valence-corrected chi connectivity index (χ4v) is 3.56. The molecule has 0 fully saturated rings. The number of hydrogen-bond donors (Lipinski definition) is 1. The van der Waals surface area contributed by atoms with Gasteiger partial charge in [0.25, 0.3) is 5.91 Å². The summed E-state index contributed by atoms with van der Waals surface area (Å²) in [4.78, 5) is 12.8. The van der Waals surface area contributed by atoms with Crippen LogP contribution in [0.15, 0.2) is 28.7 Å². The van der Waals surface area contributed by atoms with Crippen molar-refractivity contribution in [3.63, 3.8) is 0 Å². The zero-order valence-electron chi connectivity index (χ0n) is 15.7. The molecule has 0 aliphatic carbocycles. The van der Waals surface area contributed by atoms with Crippen molar-refractivity contribution in [2.24, 2.45) is 0 Å². The summed E-state index contributed by atoms with van der Waals surface area (Å²) in [6, 6.07) is 7.04. The van der Waals surface area contributed by atoms with Crippen molar-refractivity contribution in [2.75, 3.05) is 26.1 Å². The van der Waals surface area contributed by atoms with Crippen LogP contribution in [0.3, 0.4) is 0 Å². The third-order valence-corrected chi connectivity index (χ3v) is 5.04. The molecule has 6 nitrogen and oxygen atoms in total. The third kappa shape index (κ3) is 3.98. The molecule has 1 N–H and O–H groups in total. The standard InChI is InChI=1S/C20H22BrNO5/c1-5-26-16-7-12-6-11(2)27-15(12)10-14(16)22-20(23)13-8-17(24-3)19(21)18(9-13)25-4/h7-11H,5-6H2,1-4H3,(H,22,23)/t11-/m0/s1. The van der Waals surface area contributed by atoms with Gasteiger partial charge in [-0.15, -0.1) is 0 Å². The number of ether oxygens (including phenoxy) is 4. The number of hydrogen-bond acceptors (Lipinski definition) is 5. The van der Waals surface area contributed by atoms with Crippen LogP contribution in [-0.2, 0) is 6.42 Å². The maximum absolute atomic E-state index is 12.8. The number of nitrogens with one attached hydrogen (secondary N) is 1. The highest BCUT2D eigenvalue weighted by atomic mass is 79.9. The molecule has 0 radical (unpaired) electrons. The van der Waals surface area contributed by atoms with Crippen LogP contribution in [0.1, 0.15) is 29.8 Å². The van der Waals surface area contributed by atoms with E-state index in [2.05, 4.69) is 21.2 Å². The van der Waals surface area contributed by atoms with Crippen LogP contribution in [0.25, 0.3) is 0 Å². The summed E-state index contributed by atoms with van der Waals surface area (Å²) < 4.78 is 22.8. The zero-order valence-corrected chi connectivity index (χ0v) is 17.3. The van der Waals surface area contributed by atoms with E-state index in [0.717, 1.165) is 17.7 Å². The minimum absolute atomic E-state index is 0.112. The molecule has 144 valence electrons. The minimum Gasteiger partial charge on any atom is -0.495 e. The van der Waals surface area contributed by atoms with Crippen molar-refractivity contribution in [1.82, 2.24) is 0 Å². The Hall–Kier alpha value is -2.41. The van der Waals surface area contributed by atoms with E-state index < -0.39 is 0 Å². The lowest BCUT2D eigenvalue weighted by Gasteiger charge is -2.15. The first-order chi connectivity index (χ1) is 13.0. The summed E-state index contributed by atoms with van der Waals surface area (Å²) in [5.74, 6) is 2.11. The molecule has 3 rings (SSSR count). The SMILES string of the molecule is CCOc1cc2c(cc1NC(=O)c1cc(OC)c(Br)c(OC)c1)O[C@@H](C)C2. The number of anilines is 1. The Labute approximate surface area is 166 Å². The molecule has 0 bridgehead atoms. The zero-order chi connectivity index (χ0) is 19.6. The highest BCUT2D eigenvalue weighted by Gasteiger charge is 2.23. The van der Waals surface area contributed by atoms with E-state index in [4.69, 9.17) is 18.9 Å². The van der Waals surface area contributed by atoms with E-state index in [9.17, 15) is 4.79 Å². The molecule has 27 heavy (non-hydrogen) atoms. The number of methoxy groups -OCH3 is 2. The normalized spacial score (nSPS) is 14.9. The molecule has 2 aromatic rings. The van der Waals surface area contributed by atoms with E-state index >= 15 is 0 Å². The maximum atomic E-state index is 12.8. The van der Waals surface area contributed by atoms with Crippen LogP contribution < -0.4 is 24.3 Å². The van der Waals surface area contributed by atoms with Gasteiger partial charge in [0.2, 0.25) is 0 Å². The van der Waals surface area contributed by atoms with Gasteiger partial charge in [-0.2, -0.15) is 0 Å². The predicted octanol–water partition coefficient (Wildman–Crippen LogP) is 4.44. The van der Waals surface area contributed by atoms with Crippen molar-refractivity contribution in [3.05, 3.63) is 39.9 Å². The number of carbonyl (C=O) groups excluding carboxylic acids is 1. The van der Waals surface area contributed by atoms with E-state index in [-0.39, 0.29) is 12.0 Å². The van der Waals surface area contributed by atoms with Gasteiger partial charge >= 0.3 is 0 Å². The first-order valence-electron chi connectivity index (χ1n) is 8.66. The Morgan fingerprint density at radius 3 is 2.44 bits per heavy atom. The molecule has 1 atom stereocenters. The van der Waals surface area contributed by atoms with Gasteiger partial charge in [0.15, 0.2) is 0 Å². The Morgan fingerprint density at radius 1 is 1.19 bits per heavy atom. The molecular formula is C20H22BrNO5. The third-order valence-electron chi connectivity index (χ3n) is 4.25. The Balaban J connectivity index is 1.93. The Kier molecular flexibility index (Phi) is 5.79. The minimum atomic E-state index is -0.300. The first-order valence-corrected chi connectivity index (χ1v) is 9.45. The molecule has 0 aromatic heterocycles. The highest BCUT2D eigenvalue weighted by molar-refractivity contribution is 9.10. The topological polar surface area (TPSA) is 66.0 Å². The van der Waals surface area contributed by atoms with Crippen molar-refractivity contribution in [3.8, 4) is 23.0 Å². The summed E-state index contributed by atoms with van der Waals surface area (Å²) >= 11 is 3.41. The molecule has 1 aliphatic heterocycles. The second-order valence-corrected chi connectivity index (χ2v) is 6.96. The second kappa shape index (κ2) is 8.08. The summed E-state index contributed by atoms with van der Waals surface area (Å²) in [6.45, 7) is 4.42. The van der Waals surface area contributed by atoms with Crippen LogP contribution in [0.5, 0.6) is 23.0 Å². The molecule has 1 aliphatic rings. The van der Waals surface area contributed by atoms with Crippen molar-refractivity contribution in [1.29, 1.82) is 0 Å². The van der Waals surface area contributed by atoms with Gasteiger partial charge in [-0.25, -0.2) is 0 Å². The van der Waals surface area contributed by atoms with Crippen LogP contribution in [0, 0.1) is 0 Å². The molecule has 0 unspecified atom stereocenters. The van der Waals surface area contributed by atoms with Crippen molar-refractivity contribution < 1.29 is 23.7 Å². The first kappa shape index (κ1) is 19.4. The lowest BCUT2D eigenvalue weighted by molar-refractivity contribution is 0.102. The van der Waals surface area contributed by atoms with Crippen LogP contribution in [-0.4, -0.2) is 32.8 Å². The van der Waals surface area contributed by atoms with E-state index in [0.29, 0.717) is 39.6 Å². The summed E-state index contributed by atoms with van der Waals surface area (Å²) in [5, 5.41) is 2.91. The molecule has 0 saturated carbocycles. The number of fused-ring (bicyclic) bond motifs is 1. The molecule has 7 heteroatoms. The van der Waals surface area contributed by atoms with E-state index in [1.54, 1.807) is 12.1 Å². The number of rotatable bonds is 6. The monoisotopic (exact) mass is 435 g/mol. The van der Waals surface area contributed by atoms with Gasteiger partial charge < -0.3 is 24.3 Å². The molecule has 0 saturated heterocycles. The smallest absolute Gasteiger partial charge is 0.256 e. The molecule has 2 aromatic carbocycles. The van der Waals surface area contributed by atoms with E-state index in [1.807, 2.05) is 26.0 Å². The number of halogens is 1. The van der Waals surface area contributed by atoms with Gasteiger partial charge in [-0.05, 0) is 48.0 Å². The lowest BCUT2D eigenvalue weighted by Crippen LogP contribution is -2.13. The van der Waals surface area contributed by atoms with Gasteiger partial charge in [0.1, 0.15) is 33.6 Å². The Morgan fingerprint density at radius 2 is 1.85 bits per heavy atom. The van der Waals surface area contributed by atoms with Gasteiger partial charge in [-0.3, -0.25) is 4.79 Å². The number of amides is 1. The van der Waals surface area contributed by atoms with Crippen LogP contribution >= 0.6 is 15.9 Å². The molecule has 0 spiro atoms. The predicted molar refractivity (Wildman–Crippen MR) is 107 cm³/mol. The van der Waals surface area contributed by atoms with Crippen LogP contribution in [0.4, 0.5) is 5.69 Å².